The van der Waals surface area contributed by atoms with E-state index >= 15 is 0 Å². The molecule has 1 fully saturated rings. The third-order valence-corrected chi connectivity index (χ3v) is 8.48. The Morgan fingerprint density at radius 2 is 1.41 bits per heavy atom. The number of thioether (sulfide) groups is 1. The predicted molar refractivity (Wildman–Crippen MR) is 156 cm³/mol. The Balaban J connectivity index is 1.07. The molecule has 41 heavy (non-hydrogen) atoms. The van der Waals surface area contributed by atoms with E-state index in [0.717, 1.165) is 59.2 Å². The molecule has 5 aromatic rings. The number of aromatic nitrogens is 4. The smallest absolute Gasteiger partial charge is 0.168 e. The van der Waals surface area contributed by atoms with Gasteiger partial charge in [-0.3, -0.25) is 14.4 Å². The number of hydrogen-bond acceptors (Lipinski definition) is 7. The molecule has 1 N–H and O–H groups in total. The lowest BCUT2D eigenvalue weighted by atomic mass is 9.96. The second-order valence-electron chi connectivity index (χ2n) is 10.1. The van der Waals surface area contributed by atoms with Gasteiger partial charge >= 0.3 is 0 Å². The monoisotopic (exact) mass is 572 g/mol. The van der Waals surface area contributed by atoms with Crippen LogP contribution in [0.25, 0.3) is 16.9 Å². The number of aliphatic hydroxyl groups excluding tert-OH is 1. The fraction of sp³-hybridized carbons (Fsp3) is 0.258. The summed E-state index contributed by atoms with van der Waals surface area (Å²) in [5.41, 5.74) is 4.36. The molecule has 1 saturated heterocycles. The van der Waals surface area contributed by atoms with E-state index in [2.05, 4.69) is 24.8 Å². The number of aliphatic hydroxyl groups is 1. The molecule has 3 heterocycles. The average Bonchev–Trinajstić information content (AvgIpc) is 3.44. The first-order valence-electron chi connectivity index (χ1n) is 13.6. The number of halogens is 2. The molecule has 210 valence electrons. The largest absolute Gasteiger partial charge is 0.391 e. The first-order valence-corrected chi connectivity index (χ1v) is 14.6. The van der Waals surface area contributed by atoms with Crippen molar-refractivity contribution in [2.75, 3.05) is 38.5 Å². The minimum absolute atomic E-state index is 0.102. The van der Waals surface area contributed by atoms with Gasteiger partial charge in [-0.1, -0.05) is 42.5 Å². The molecular weight excluding hydrogens is 542 g/mol. The van der Waals surface area contributed by atoms with Crippen LogP contribution in [-0.4, -0.2) is 79.0 Å². The number of para-hydroxylation sites is 1. The van der Waals surface area contributed by atoms with Crippen LogP contribution in [0.3, 0.4) is 0 Å². The zero-order valence-corrected chi connectivity index (χ0v) is 23.2. The molecule has 0 aliphatic carbocycles. The van der Waals surface area contributed by atoms with Crippen molar-refractivity contribution in [3.8, 4) is 5.69 Å². The molecule has 0 amide bonds. The molecule has 1 unspecified atom stereocenters. The molecule has 2 aromatic heterocycles. The van der Waals surface area contributed by atoms with Crippen molar-refractivity contribution in [2.45, 2.75) is 17.2 Å². The van der Waals surface area contributed by atoms with Gasteiger partial charge in [0.1, 0.15) is 34.8 Å². The highest BCUT2D eigenvalue weighted by molar-refractivity contribution is 7.99. The van der Waals surface area contributed by atoms with Crippen LogP contribution in [0.15, 0.2) is 96.5 Å². The Labute approximate surface area is 241 Å². The number of β-amino-alcohol motifs (C(OH)–C–C–N with tert-alkyl or cyclic N) is 1. The van der Waals surface area contributed by atoms with Crippen LogP contribution in [-0.2, 0) is 0 Å². The van der Waals surface area contributed by atoms with E-state index in [1.54, 1.807) is 30.6 Å². The maximum atomic E-state index is 13.6. The Bertz CT molecular complexity index is 1530. The molecule has 3 aromatic carbocycles. The Hall–Kier alpha value is -3.70. The van der Waals surface area contributed by atoms with Gasteiger partial charge in [-0.05, 0) is 47.5 Å². The zero-order valence-electron chi connectivity index (χ0n) is 22.4. The maximum absolute atomic E-state index is 13.6. The molecule has 0 saturated carbocycles. The average molecular weight is 573 g/mol. The number of rotatable bonds is 9. The third-order valence-electron chi connectivity index (χ3n) is 7.36. The van der Waals surface area contributed by atoms with E-state index in [1.165, 1.54) is 42.4 Å². The van der Waals surface area contributed by atoms with Gasteiger partial charge in [-0.25, -0.2) is 23.7 Å². The van der Waals surface area contributed by atoms with Crippen molar-refractivity contribution in [2.24, 2.45) is 0 Å². The summed E-state index contributed by atoms with van der Waals surface area (Å²) in [5, 5.41) is 11.6. The molecule has 1 atom stereocenters. The minimum Gasteiger partial charge on any atom is -0.391 e. The summed E-state index contributed by atoms with van der Waals surface area (Å²) in [7, 11) is 0. The van der Waals surface area contributed by atoms with Crippen molar-refractivity contribution >= 4 is 22.9 Å². The number of imidazole rings is 1. The van der Waals surface area contributed by atoms with Crippen molar-refractivity contribution in [3.05, 3.63) is 114 Å². The molecule has 1 aliphatic rings. The highest BCUT2D eigenvalue weighted by Gasteiger charge is 2.27. The molecule has 0 spiro atoms. The number of piperazine rings is 1. The van der Waals surface area contributed by atoms with Gasteiger partial charge in [0.15, 0.2) is 5.65 Å². The van der Waals surface area contributed by atoms with Crippen LogP contribution in [0.2, 0.25) is 0 Å². The van der Waals surface area contributed by atoms with Gasteiger partial charge in [0.05, 0.1) is 12.1 Å². The van der Waals surface area contributed by atoms with E-state index in [-0.39, 0.29) is 17.7 Å². The first kappa shape index (κ1) is 27.5. The van der Waals surface area contributed by atoms with Crippen LogP contribution >= 0.6 is 11.8 Å². The van der Waals surface area contributed by atoms with Gasteiger partial charge < -0.3 is 5.11 Å². The standard InChI is InChI=1S/C31H30F2N6OS/c32-24-10-6-22(7-11-24)29(23-8-12-25(33)13-9-23)38-16-14-37(15-17-38)18-27(40)19-41-31-28-30(34-20-35-31)39(21-36-28)26-4-2-1-3-5-26/h1-13,20-21,27,29,40H,14-19H2. The normalized spacial score (nSPS) is 15.5. The molecule has 10 heteroatoms. The summed E-state index contributed by atoms with van der Waals surface area (Å²) >= 11 is 1.48. The van der Waals surface area contributed by atoms with Gasteiger partial charge in [-0.15, -0.1) is 11.8 Å². The van der Waals surface area contributed by atoms with Crippen molar-refractivity contribution < 1.29 is 13.9 Å². The maximum Gasteiger partial charge on any atom is 0.168 e. The molecule has 7 nitrogen and oxygen atoms in total. The number of hydrogen-bond donors (Lipinski definition) is 1. The van der Waals surface area contributed by atoms with Gasteiger partial charge in [0.25, 0.3) is 0 Å². The van der Waals surface area contributed by atoms with Gasteiger partial charge in [-0.2, -0.15) is 0 Å². The van der Waals surface area contributed by atoms with Crippen LogP contribution in [0.4, 0.5) is 8.78 Å². The summed E-state index contributed by atoms with van der Waals surface area (Å²) in [6.07, 6.45) is 2.74. The lowest BCUT2D eigenvalue weighted by molar-refractivity contribution is 0.0708. The highest BCUT2D eigenvalue weighted by atomic mass is 32.2. The fourth-order valence-electron chi connectivity index (χ4n) is 5.33. The summed E-state index contributed by atoms with van der Waals surface area (Å²) in [5.74, 6) is -0.0794. The van der Waals surface area contributed by atoms with E-state index in [0.29, 0.717) is 12.3 Å². The fourth-order valence-corrected chi connectivity index (χ4v) is 6.19. The van der Waals surface area contributed by atoms with Crippen LogP contribution in [0.5, 0.6) is 0 Å². The van der Waals surface area contributed by atoms with Gasteiger partial charge in [0, 0.05) is 44.2 Å². The van der Waals surface area contributed by atoms with Crippen LogP contribution in [0, 0.1) is 11.6 Å². The van der Waals surface area contributed by atoms with Crippen molar-refractivity contribution in [1.82, 2.24) is 29.3 Å². The SMILES string of the molecule is OC(CSc1ncnc2c1ncn2-c1ccccc1)CN1CCN(C(c2ccc(F)cc2)c2ccc(F)cc2)CC1. The first-order chi connectivity index (χ1) is 20.0. The summed E-state index contributed by atoms with van der Waals surface area (Å²) < 4.78 is 29.2. The van der Waals surface area contributed by atoms with Crippen molar-refractivity contribution in [3.63, 3.8) is 0 Å². The molecule has 0 radical (unpaired) electrons. The quantitative estimate of drug-likeness (QED) is 0.198. The van der Waals surface area contributed by atoms with E-state index in [4.69, 9.17) is 0 Å². The summed E-state index contributed by atoms with van der Waals surface area (Å²) in [4.78, 5) is 18.0. The van der Waals surface area contributed by atoms with Crippen LogP contribution in [0.1, 0.15) is 17.2 Å². The molecule has 6 rings (SSSR count). The highest BCUT2D eigenvalue weighted by Crippen LogP contribution is 2.30. The Morgan fingerprint density at radius 1 is 0.780 bits per heavy atom. The van der Waals surface area contributed by atoms with E-state index in [1.807, 2.05) is 34.9 Å². The second kappa shape index (κ2) is 12.4. The number of fused-ring (bicyclic) bond motifs is 1. The van der Waals surface area contributed by atoms with Crippen molar-refractivity contribution in [1.29, 1.82) is 0 Å². The van der Waals surface area contributed by atoms with Gasteiger partial charge in [0.2, 0.25) is 0 Å². The lowest BCUT2D eigenvalue weighted by Crippen LogP contribution is -2.50. The van der Waals surface area contributed by atoms with E-state index in [9.17, 15) is 13.9 Å². The third kappa shape index (κ3) is 6.31. The predicted octanol–water partition coefficient (Wildman–Crippen LogP) is 4.95. The Morgan fingerprint density at radius 3 is 2.05 bits per heavy atom. The second-order valence-corrected chi connectivity index (χ2v) is 11.1. The lowest BCUT2D eigenvalue weighted by Gasteiger charge is -2.40. The zero-order chi connectivity index (χ0) is 28.2. The summed E-state index contributed by atoms with van der Waals surface area (Å²) in [6.45, 7) is 3.64. The molecular formula is C31H30F2N6OS. The number of nitrogens with zero attached hydrogens (tertiary/aromatic N) is 6. The molecule has 1 aliphatic heterocycles. The Kier molecular flexibility index (Phi) is 8.33. The number of benzene rings is 3. The van der Waals surface area contributed by atoms with E-state index < -0.39 is 6.10 Å². The summed E-state index contributed by atoms with van der Waals surface area (Å²) in [6, 6.07) is 22.9. The molecule has 0 bridgehead atoms. The minimum atomic E-state index is -0.544. The topological polar surface area (TPSA) is 70.3 Å². The van der Waals surface area contributed by atoms with Crippen LogP contribution < -0.4 is 0 Å².